The van der Waals surface area contributed by atoms with E-state index in [0.717, 1.165) is 18.2 Å². The van der Waals surface area contributed by atoms with Gasteiger partial charge in [0.15, 0.2) is 5.16 Å². The number of nitrogens with zero attached hydrogens (tertiary/aromatic N) is 2. The summed E-state index contributed by atoms with van der Waals surface area (Å²) in [6.07, 6.45) is 0.838. The number of benzene rings is 2. The third-order valence-electron chi connectivity index (χ3n) is 3.74. The summed E-state index contributed by atoms with van der Waals surface area (Å²) >= 11 is 1.11. The number of carbonyl (C=O) groups excluding carboxylic acids is 1. The van der Waals surface area contributed by atoms with E-state index in [-0.39, 0.29) is 28.1 Å². The first-order valence-electron chi connectivity index (χ1n) is 8.28. The lowest BCUT2D eigenvalue weighted by Crippen LogP contribution is -2.27. The Labute approximate surface area is 154 Å². The van der Waals surface area contributed by atoms with Gasteiger partial charge in [-0.2, -0.15) is 0 Å². The first-order valence-corrected chi connectivity index (χ1v) is 9.26. The lowest BCUT2D eigenvalue weighted by Gasteiger charge is -2.13. The number of carbonyl (C=O) groups is 1. The normalized spacial score (nSPS) is 10.8. The van der Waals surface area contributed by atoms with Crippen molar-refractivity contribution in [3.8, 4) is 5.69 Å². The van der Waals surface area contributed by atoms with Gasteiger partial charge in [-0.15, -0.1) is 0 Å². The monoisotopic (exact) mass is 371 g/mol. The highest BCUT2D eigenvalue weighted by molar-refractivity contribution is 7.99. The molecule has 0 aliphatic heterocycles. The number of aromatic nitrogens is 2. The standard InChI is InChI=1S/C19H18FN3O2S/c1-2-11-21-17(24)12-26-19-22-15-9-5-3-7-13(15)18(25)23(19)16-10-6-4-8-14(16)20/h3-10H,2,11-12H2,1H3,(H,21,24). The molecule has 134 valence electrons. The van der Waals surface area contributed by atoms with Gasteiger partial charge in [-0.3, -0.25) is 14.2 Å². The van der Waals surface area contributed by atoms with E-state index in [2.05, 4.69) is 10.3 Å². The minimum atomic E-state index is -0.524. The Morgan fingerprint density at radius 2 is 1.92 bits per heavy atom. The van der Waals surface area contributed by atoms with E-state index in [4.69, 9.17) is 0 Å². The highest BCUT2D eigenvalue weighted by Gasteiger charge is 2.16. The fourth-order valence-electron chi connectivity index (χ4n) is 2.50. The minimum absolute atomic E-state index is 0.0965. The maximum absolute atomic E-state index is 14.3. The molecule has 1 aromatic heterocycles. The van der Waals surface area contributed by atoms with Crippen LogP contribution in [-0.2, 0) is 4.79 Å². The fraction of sp³-hybridized carbons (Fsp3) is 0.211. The summed E-state index contributed by atoms with van der Waals surface area (Å²) in [6.45, 7) is 2.55. The summed E-state index contributed by atoms with van der Waals surface area (Å²) < 4.78 is 15.6. The van der Waals surface area contributed by atoms with Crippen LogP contribution in [-0.4, -0.2) is 27.8 Å². The van der Waals surface area contributed by atoms with Gasteiger partial charge < -0.3 is 5.32 Å². The van der Waals surface area contributed by atoms with Crippen LogP contribution in [0.15, 0.2) is 58.5 Å². The average molecular weight is 371 g/mol. The number of thioether (sulfide) groups is 1. The summed E-state index contributed by atoms with van der Waals surface area (Å²) in [5.41, 5.74) is 0.269. The zero-order valence-corrected chi connectivity index (χ0v) is 15.1. The van der Waals surface area contributed by atoms with Gasteiger partial charge in [0.05, 0.1) is 22.3 Å². The summed E-state index contributed by atoms with van der Waals surface area (Å²) in [4.78, 5) is 29.4. The molecule has 0 saturated carbocycles. The molecule has 26 heavy (non-hydrogen) atoms. The number of nitrogens with one attached hydrogen (secondary N) is 1. The molecule has 3 rings (SSSR count). The second-order valence-corrected chi connectivity index (χ2v) is 6.58. The van der Waals surface area contributed by atoms with Gasteiger partial charge in [0.25, 0.3) is 5.56 Å². The number of amides is 1. The van der Waals surface area contributed by atoms with Crippen LogP contribution in [0, 0.1) is 5.82 Å². The lowest BCUT2D eigenvalue weighted by molar-refractivity contribution is -0.118. The van der Waals surface area contributed by atoms with Crippen LogP contribution in [0.4, 0.5) is 4.39 Å². The molecule has 0 radical (unpaired) electrons. The van der Waals surface area contributed by atoms with Crippen molar-refractivity contribution in [3.05, 3.63) is 64.7 Å². The molecule has 0 bridgehead atoms. The molecule has 0 unspecified atom stereocenters. The number of fused-ring (bicyclic) bond motifs is 1. The van der Waals surface area contributed by atoms with E-state index < -0.39 is 5.82 Å². The van der Waals surface area contributed by atoms with Crippen LogP contribution in [0.25, 0.3) is 16.6 Å². The van der Waals surface area contributed by atoms with Gasteiger partial charge in [-0.25, -0.2) is 9.37 Å². The molecule has 0 aliphatic carbocycles. The van der Waals surface area contributed by atoms with Crippen LogP contribution in [0.3, 0.4) is 0 Å². The predicted molar refractivity (Wildman–Crippen MR) is 101 cm³/mol. The van der Waals surface area contributed by atoms with Crippen LogP contribution in [0.1, 0.15) is 13.3 Å². The van der Waals surface area contributed by atoms with Crippen molar-refractivity contribution in [2.45, 2.75) is 18.5 Å². The van der Waals surface area contributed by atoms with E-state index >= 15 is 0 Å². The SMILES string of the molecule is CCCNC(=O)CSc1nc2ccccc2c(=O)n1-c1ccccc1F. The first-order chi connectivity index (χ1) is 12.6. The highest BCUT2D eigenvalue weighted by atomic mass is 32.2. The van der Waals surface area contributed by atoms with Gasteiger partial charge in [0.1, 0.15) is 5.82 Å². The molecule has 1 amide bonds. The molecule has 0 fully saturated rings. The molecule has 7 heteroatoms. The molecule has 3 aromatic rings. The molecule has 2 aromatic carbocycles. The number of rotatable bonds is 6. The Kier molecular flexibility index (Phi) is 5.68. The van der Waals surface area contributed by atoms with Crippen molar-refractivity contribution in [1.82, 2.24) is 14.9 Å². The summed E-state index contributed by atoms with van der Waals surface area (Å²) in [5, 5.41) is 3.46. The van der Waals surface area contributed by atoms with Crippen LogP contribution in [0.2, 0.25) is 0 Å². The molecule has 1 heterocycles. The molecule has 0 spiro atoms. The maximum Gasteiger partial charge on any atom is 0.266 e. The largest absolute Gasteiger partial charge is 0.355 e. The third-order valence-corrected chi connectivity index (χ3v) is 4.68. The van der Waals surface area contributed by atoms with E-state index in [1.54, 1.807) is 36.4 Å². The molecule has 0 saturated heterocycles. The number of halogens is 1. The topological polar surface area (TPSA) is 64.0 Å². The zero-order valence-electron chi connectivity index (χ0n) is 14.2. The minimum Gasteiger partial charge on any atom is -0.355 e. The fourth-order valence-corrected chi connectivity index (χ4v) is 3.34. The molecule has 0 aliphatic rings. The number of hydrogen-bond acceptors (Lipinski definition) is 4. The van der Waals surface area contributed by atoms with E-state index in [9.17, 15) is 14.0 Å². The molecular formula is C19H18FN3O2S. The van der Waals surface area contributed by atoms with Crippen molar-refractivity contribution in [2.24, 2.45) is 0 Å². The number of para-hydroxylation sites is 2. The van der Waals surface area contributed by atoms with E-state index in [0.29, 0.717) is 17.4 Å². The Bertz CT molecular complexity index is 1000. The Hall–Kier alpha value is -2.67. The predicted octanol–water partition coefficient (Wildman–Crippen LogP) is 3.14. The second-order valence-electron chi connectivity index (χ2n) is 5.64. The molecular weight excluding hydrogens is 353 g/mol. The maximum atomic E-state index is 14.3. The van der Waals surface area contributed by atoms with Gasteiger partial charge in [-0.1, -0.05) is 43.0 Å². The highest BCUT2D eigenvalue weighted by Crippen LogP contribution is 2.22. The van der Waals surface area contributed by atoms with Crippen molar-refractivity contribution in [1.29, 1.82) is 0 Å². The first kappa shape index (κ1) is 18.1. The summed E-state index contributed by atoms with van der Waals surface area (Å²) in [6, 6.07) is 12.9. The Morgan fingerprint density at radius 1 is 1.19 bits per heavy atom. The van der Waals surface area contributed by atoms with Crippen molar-refractivity contribution >= 4 is 28.6 Å². The zero-order chi connectivity index (χ0) is 18.5. The van der Waals surface area contributed by atoms with Crippen LogP contribution in [0.5, 0.6) is 0 Å². The molecule has 0 atom stereocenters. The van der Waals surface area contributed by atoms with Crippen molar-refractivity contribution in [3.63, 3.8) is 0 Å². The lowest BCUT2D eigenvalue weighted by atomic mass is 10.2. The summed E-state index contributed by atoms with van der Waals surface area (Å²) in [7, 11) is 0. The van der Waals surface area contributed by atoms with Gasteiger partial charge in [0, 0.05) is 6.54 Å². The van der Waals surface area contributed by atoms with Crippen molar-refractivity contribution < 1.29 is 9.18 Å². The van der Waals surface area contributed by atoms with Crippen molar-refractivity contribution in [2.75, 3.05) is 12.3 Å². The van der Waals surface area contributed by atoms with Crippen LogP contribution >= 0.6 is 11.8 Å². The van der Waals surface area contributed by atoms with Gasteiger partial charge in [-0.05, 0) is 30.7 Å². The number of hydrogen-bond donors (Lipinski definition) is 1. The molecule has 5 nitrogen and oxygen atoms in total. The average Bonchev–Trinajstić information content (AvgIpc) is 2.66. The van der Waals surface area contributed by atoms with Gasteiger partial charge in [0.2, 0.25) is 5.91 Å². The van der Waals surface area contributed by atoms with Crippen LogP contribution < -0.4 is 10.9 Å². The van der Waals surface area contributed by atoms with E-state index in [1.807, 2.05) is 6.92 Å². The quantitative estimate of drug-likeness (QED) is 0.534. The van der Waals surface area contributed by atoms with Gasteiger partial charge >= 0.3 is 0 Å². The van der Waals surface area contributed by atoms with E-state index in [1.165, 1.54) is 16.7 Å². The molecule has 1 N–H and O–H groups in total. The smallest absolute Gasteiger partial charge is 0.266 e. The second kappa shape index (κ2) is 8.14. The Morgan fingerprint density at radius 3 is 2.69 bits per heavy atom. The summed E-state index contributed by atoms with van der Waals surface area (Å²) in [5.74, 6) is -0.581. The Balaban J connectivity index is 2.08. The third kappa shape index (κ3) is 3.77.